The summed E-state index contributed by atoms with van der Waals surface area (Å²) < 4.78 is 2.63. The van der Waals surface area contributed by atoms with Crippen LogP contribution in [0.3, 0.4) is 0 Å². The molecule has 2 heteroatoms. The van der Waals surface area contributed by atoms with Crippen LogP contribution in [0.25, 0.3) is 86.9 Å². The first-order valence-corrected chi connectivity index (χ1v) is 22.0. The molecule has 1 nitrogen and oxygen atoms in total. The lowest BCUT2D eigenvalue weighted by molar-refractivity contribution is 1.28. The van der Waals surface area contributed by atoms with E-state index in [4.69, 9.17) is 0 Å². The van der Waals surface area contributed by atoms with Gasteiger partial charge in [0, 0.05) is 37.1 Å². The number of nitrogens with zero attached hydrogens (tertiary/aromatic N) is 1. The van der Waals surface area contributed by atoms with E-state index in [0.717, 1.165) is 33.8 Å². The summed E-state index contributed by atoms with van der Waals surface area (Å²) in [7, 11) is 0. The summed E-state index contributed by atoms with van der Waals surface area (Å²) in [5.74, 6) is 0. The number of hydrogen-bond acceptors (Lipinski definition) is 2. The number of anilines is 3. The van der Waals surface area contributed by atoms with Gasteiger partial charge in [-0.3, -0.25) is 0 Å². The van der Waals surface area contributed by atoms with E-state index in [-0.39, 0.29) is 0 Å². The Morgan fingerprint density at radius 1 is 0.258 bits per heavy atom. The molecule has 0 aliphatic carbocycles. The van der Waals surface area contributed by atoms with E-state index >= 15 is 0 Å². The first-order valence-electron chi connectivity index (χ1n) is 21.2. The van der Waals surface area contributed by atoms with Crippen LogP contribution in [0.15, 0.2) is 249 Å². The monoisotopic (exact) mass is 807 g/mol. The van der Waals surface area contributed by atoms with Crippen molar-refractivity contribution in [2.75, 3.05) is 4.90 Å². The molecule has 0 atom stereocenters. The minimum absolute atomic E-state index is 1.08. The van der Waals surface area contributed by atoms with Crippen molar-refractivity contribution < 1.29 is 0 Å². The van der Waals surface area contributed by atoms with Gasteiger partial charge in [0.05, 0.1) is 5.69 Å². The zero-order valence-electron chi connectivity index (χ0n) is 34.0. The van der Waals surface area contributed by atoms with Gasteiger partial charge in [-0.1, -0.05) is 206 Å². The standard InChI is InChI=1S/C60H41NS/c1-4-19-42(20-5-1)46-39-47(43-21-6-2-7-22-43)41-49(40-46)61(48-37-35-45(36-38-48)51-31-18-32-57-56-30-15-17-34-59(56)62-60(51)57)58-33-16-14-29-55(58)54-28-13-12-27-53(54)52-26-11-10-25-50(52)44-23-8-3-9-24-44/h1-41H. The summed E-state index contributed by atoms with van der Waals surface area (Å²) in [4.78, 5) is 2.46. The van der Waals surface area contributed by atoms with Gasteiger partial charge < -0.3 is 4.90 Å². The van der Waals surface area contributed by atoms with Crippen molar-refractivity contribution in [2.45, 2.75) is 0 Å². The number of rotatable bonds is 9. The van der Waals surface area contributed by atoms with Crippen LogP contribution in [-0.4, -0.2) is 0 Å². The Hall–Kier alpha value is -7.78. The van der Waals surface area contributed by atoms with Gasteiger partial charge in [-0.05, 0) is 104 Å². The van der Waals surface area contributed by atoms with Gasteiger partial charge in [0.1, 0.15) is 0 Å². The molecule has 0 unspecified atom stereocenters. The molecule has 1 heterocycles. The van der Waals surface area contributed by atoms with E-state index in [2.05, 4.69) is 254 Å². The number of benzene rings is 10. The Kier molecular flexibility index (Phi) is 9.82. The Labute approximate surface area is 367 Å². The lowest BCUT2D eigenvalue weighted by Gasteiger charge is -2.30. The molecule has 0 aliphatic rings. The van der Waals surface area contributed by atoms with Crippen molar-refractivity contribution in [1.82, 2.24) is 0 Å². The zero-order valence-corrected chi connectivity index (χ0v) is 34.8. The van der Waals surface area contributed by atoms with Crippen LogP contribution in [0.4, 0.5) is 17.1 Å². The molecule has 0 N–H and O–H groups in total. The molecule has 0 saturated heterocycles. The predicted molar refractivity (Wildman–Crippen MR) is 267 cm³/mol. The van der Waals surface area contributed by atoms with Crippen molar-refractivity contribution in [2.24, 2.45) is 0 Å². The molecule has 0 radical (unpaired) electrons. The van der Waals surface area contributed by atoms with Gasteiger partial charge in [-0.25, -0.2) is 0 Å². The van der Waals surface area contributed by atoms with Crippen molar-refractivity contribution in [1.29, 1.82) is 0 Å². The molecule has 0 amide bonds. The Morgan fingerprint density at radius 3 is 1.35 bits per heavy atom. The van der Waals surface area contributed by atoms with Crippen molar-refractivity contribution in [3.63, 3.8) is 0 Å². The van der Waals surface area contributed by atoms with Gasteiger partial charge in [-0.2, -0.15) is 0 Å². The number of fused-ring (bicyclic) bond motifs is 3. The molecule has 11 aromatic rings. The zero-order chi connectivity index (χ0) is 41.2. The normalized spacial score (nSPS) is 11.2. The lowest BCUT2D eigenvalue weighted by Crippen LogP contribution is -2.12. The third kappa shape index (κ3) is 6.97. The fourth-order valence-corrected chi connectivity index (χ4v) is 10.2. The summed E-state index contributed by atoms with van der Waals surface area (Å²) in [6.07, 6.45) is 0. The van der Waals surface area contributed by atoms with Crippen LogP contribution in [0.5, 0.6) is 0 Å². The number of thiophene rings is 1. The van der Waals surface area contributed by atoms with Gasteiger partial charge in [0.15, 0.2) is 0 Å². The quantitative estimate of drug-likeness (QED) is 0.140. The summed E-state index contributed by atoms with van der Waals surface area (Å²) in [6, 6.07) is 90.4. The van der Waals surface area contributed by atoms with Gasteiger partial charge in [-0.15, -0.1) is 11.3 Å². The minimum Gasteiger partial charge on any atom is -0.310 e. The average Bonchev–Trinajstić information content (AvgIpc) is 3.74. The maximum atomic E-state index is 2.46. The SMILES string of the molecule is c1ccc(-c2cc(-c3ccccc3)cc(N(c3ccc(-c4cccc5c4sc4ccccc45)cc3)c3ccccc3-c3ccccc3-c3ccccc3-c3ccccc3)c2)cc1. The van der Waals surface area contributed by atoms with E-state index in [1.54, 1.807) is 0 Å². The first-order chi connectivity index (χ1) is 30.8. The summed E-state index contributed by atoms with van der Waals surface area (Å²) >= 11 is 1.87. The lowest BCUT2D eigenvalue weighted by atomic mass is 9.88. The summed E-state index contributed by atoms with van der Waals surface area (Å²) in [5, 5.41) is 2.62. The molecule has 0 spiro atoms. The molecule has 0 aliphatic heterocycles. The second-order valence-electron chi connectivity index (χ2n) is 15.6. The third-order valence-electron chi connectivity index (χ3n) is 11.9. The van der Waals surface area contributed by atoms with E-state index in [0.29, 0.717) is 0 Å². The Morgan fingerprint density at radius 2 is 0.710 bits per heavy atom. The van der Waals surface area contributed by atoms with Crippen LogP contribution >= 0.6 is 11.3 Å². The highest BCUT2D eigenvalue weighted by Crippen LogP contribution is 2.47. The smallest absolute Gasteiger partial charge is 0.0540 e. The average molecular weight is 808 g/mol. The maximum Gasteiger partial charge on any atom is 0.0540 e. The van der Waals surface area contributed by atoms with Gasteiger partial charge in [0.25, 0.3) is 0 Å². The highest BCUT2D eigenvalue weighted by atomic mass is 32.1. The van der Waals surface area contributed by atoms with E-state index in [9.17, 15) is 0 Å². The molecule has 11 rings (SSSR count). The second-order valence-corrected chi connectivity index (χ2v) is 16.7. The second kappa shape index (κ2) is 16.3. The van der Waals surface area contributed by atoms with Crippen LogP contribution in [0.2, 0.25) is 0 Å². The number of hydrogen-bond donors (Lipinski definition) is 0. The first kappa shape index (κ1) is 37.2. The van der Waals surface area contributed by atoms with E-state index in [1.165, 1.54) is 70.2 Å². The molecule has 10 aromatic carbocycles. The molecular weight excluding hydrogens is 767 g/mol. The van der Waals surface area contributed by atoms with Crippen LogP contribution in [0, 0.1) is 0 Å². The maximum absolute atomic E-state index is 2.46. The van der Waals surface area contributed by atoms with Gasteiger partial charge >= 0.3 is 0 Å². The van der Waals surface area contributed by atoms with Crippen molar-refractivity contribution >= 4 is 48.6 Å². The molecule has 62 heavy (non-hydrogen) atoms. The van der Waals surface area contributed by atoms with E-state index < -0.39 is 0 Å². The highest BCUT2D eigenvalue weighted by Gasteiger charge is 2.22. The molecule has 0 bridgehead atoms. The molecule has 292 valence electrons. The van der Waals surface area contributed by atoms with Crippen molar-refractivity contribution in [3.8, 4) is 66.8 Å². The molecule has 0 saturated carbocycles. The molecule has 0 fully saturated rings. The Balaban J connectivity index is 1.13. The summed E-state index contributed by atoms with van der Waals surface area (Å²) in [6.45, 7) is 0. The van der Waals surface area contributed by atoms with Crippen LogP contribution in [-0.2, 0) is 0 Å². The van der Waals surface area contributed by atoms with Gasteiger partial charge in [0.2, 0.25) is 0 Å². The minimum atomic E-state index is 1.08. The van der Waals surface area contributed by atoms with E-state index in [1.807, 2.05) is 11.3 Å². The van der Waals surface area contributed by atoms with Crippen LogP contribution < -0.4 is 4.90 Å². The third-order valence-corrected chi connectivity index (χ3v) is 13.1. The van der Waals surface area contributed by atoms with Crippen molar-refractivity contribution in [3.05, 3.63) is 249 Å². The Bertz CT molecular complexity index is 3270. The number of para-hydroxylation sites is 1. The fraction of sp³-hybridized carbons (Fsp3) is 0. The van der Waals surface area contributed by atoms with Crippen LogP contribution in [0.1, 0.15) is 0 Å². The predicted octanol–water partition coefficient (Wildman–Crippen LogP) is 17.5. The highest BCUT2D eigenvalue weighted by molar-refractivity contribution is 7.26. The fourth-order valence-electron chi connectivity index (χ4n) is 8.96. The topological polar surface area (TPSA) is 3.24 Å². The summed E-state index contributed by atoms with van der Waals surface area (Å²) in [5.41, 5.74) is 17.5. The molecule has 1 aromatic heterocycles. The molecular formula is C60H41NS. The largest absolute Gasteiger partial charge is 0.310 e.